The molecule has 1 nitrogen and oxygen atoms in total. The monoisotopic (exact) mass is 219 g/mol. The first kappa shape index (κ1) is 10.6. The molecule has 0 unspecified atom stereocenters. The first-order valence-electron chi connectivity index (χ1n) is 4.90. The largest absolute Gasteiger partial charge is 0.398 e. The lowest BCUT2D eigenvalue weighted by molar-refractivity contribution is 0.509. The lowest BCUT2D eigenvalue weighted by atomic mass is 9.99. The van der Waals surface area contributed by atoms with Gasteiger partial charge < -0.3 is 5.73 Å². The fourth-order valence-electron chi connectivity index (χ4n) is 1.63. The summed E-state index contributed by atoms with van der Waals surface area (Å²) in [5, 5.41) is 0. The molecular weight excluding hydrogens is 208 g/mol. The topological polar surface area (TPSA) is 26.0 Å². The fraction of sp³-hybridized carbons (Fsp3) is 0.0769. The number of hydrogen-bond donors (Lipinski definition) is 1. The van der Waals surface area contributed by atoms with Crippen LogP contribution in [0.4, 0.5) is 14.5 Å². The molecule has 2 aromatic carbocycles. The maximum atomic E-state index is 13.1. The van der Waals surface area contributed by atoms with Gasteiger partial charge in [0.15, 0.2) is 11.6 Å². The van der Waals surface area contributed by atoms with Crippen molar-refractivity contribution in [2.24, 2.45) is 0 Å². The maximum Gasteiger partial charge on any atom is 0.159 e. The van der Waals surface area contributed by atoms with E-state index in [1.807, 2.05) is 13.0 Å². The highest BCUT2D eigenvalue weighted by atomic mass is 19.2. The van der Waals surface area contributed by atoms with Crippen molar-refractivity contribution in [1.29, 1.82) is 0 Å². The Morgan fingerprint density at radius 2 is 1.75 bits per heavy atom. The lowest BCUT2D eigenvalue weighted by Crippen LogP contribution is -1.93. The predicted octanol–water partition coefficient (Wildman–Crippen LogP) is 3.52. The first-order valence-corrected chi connectivity index (χ1v) is 4.90. The number of nitrogens with two attached hydrogens (primary N) is 1. The van der Waals surface area contributed by atoms with Crippen molar-refractivity contribution in [2.45, 2.75) is 6.92 Å². The van der Waals surface area contributed by atoms with E-state index in [1.165, 1.54) is 6.07 Å². The van der Waals surface area contributed by atoms with Crippen molar-refractivity contribution in [2.75, 3.05) is 5.73 Å². The molecule has 0 bridgehead atoms. The minimum atomic E-state index is -0.848. The van der Waals surface area contributed by atoms with Crippen molar-refractivity contribution in [3.8, 4) is 11.1 Å². The van der Waals surface area contributed by atoms with E-state index in [0.29, 0.717) is 11.3 Å². The van der Waals surface area contributed by atoms with Gasteiger partial charge in [-0.1, -0.05) is 18.2 Å². The molecule has 2 N–H and O–H groups in total. The van der Waals surface area contributed by atoms with Crippen LogP contribution < -0.4 is 5.73 Å². The van der Waals surface area contributed by atoms with Gasteiger partial charge in [0.2, 0.25) is 0 Å². The average Bonchev–Trinajstić information content (AvgIpc) is 2.26. The fourth-order valence-corrected chi connectivity index (χ4v) is 1.63. The SMILES string of the molecule is Cc1c(N)cccc1-c1ccc(F)c(F)c1. The smallest absolute Gasteiger partial charge is 0.159 e. The Labute approximate surface area is 92.5 Å². The van der Waals surface area contributed by atoms with E-state index < -0.39 is 11.6 Å². The summed E-state index contributed by atoms with van der Waals surface area (Å²) < 4.78 is 25.9. The molecule has 0 aliphatic heterocycles. The van der Waals surface area contributed by atoms with E-state index in [1.54, 1.807) is 18.2 Å². The second-order valence-corrected chi connectivity index (χ2v) is 3.65. The van der Waals surface area contributed by atoms with Gasteiger partial charge in [0.1, 0.15) is 0 Å². The summed E-state index contributed by atoms with van der Waals surface area (Å²) in [5.74, 6) is -1.69. The second-order valence-electron chi connectivity index (χ2n) is 3.65. The zero-order valence-corrected chi connectivity index (χ0v) is 8.80. The van der Waals surface area contributed by atoms with Crippen LogP contribution in [0.25, 0.3) is 11.1 Å². The molecule has 0 aliphatic rings. The molecule has 0 radical (unpaired) electrons. The molecular formula is C13H11F2N. The molecule has 16 heavy (non-hydrogen) atoms. The minimum Gasteiger partial charge on any atom is -0.398 e. The van der Waals surface area contributed by atoms with Crippen molar-refractivity contribution in [1.82, 2.24) is 0 Å². The lowest BCUT2D eigenvalue weighted by Gasteiger charge is -2.08. The third-order valence-corrected chi connectivity index (χ3v) is 2.61. The van der Waals surface area contributed by atoms with Crippen LogP contribution >= 0.6 is 0 Å². The van der Waals surface area contributed by atoms with Gasteiger partial charge in [-0.05, 0) is 41.8 Å². The number of nitrogen functional groups attached to an aromatic ring is 1. The molecule has 0 atom stereocenters. The summed E-state index contributed by atoms with van der Waals surface area (Å²) in [6.07, 6.45) is 0. The molecule has 82 valence electrons. The summed E-state index contributed by atoms with van der Waals surface area (Å²) in [6.45, 7) is 1.85. The van der Waals surface area contributed by atoms with Crippen molar-refractivity contribution < 1.29 is 8.78 Å². The summed E-state index contributed by atoms with van der Waals surface area (Å²) in [5.41, 5.74) is 8.71. The Balaban J connectivity index is 2.59. The third-order valence-electron chi connectivity index (χ3n) is 2.61. The zero-order valence-electron chi connectivity index (χ0n) is 8.80. The predicted molar refractivity (Wildman–Crippen MR) is 60.9 cm³/mol. The van der Waals surface area contributed by atoms with Gasteiger partial charge in [0.05, 0.1) is 0 Å². The number of halogens is 2. The molecule has 2 rings (SSSR count). The number of rotatable bonds is 1. The van der Waals surface area contributed by atoms with Crippen LogP contribution in [-0.2, 0) is 0 Å². The van der Waals surface area contributed by atoms with Gasteiger partial charge in [-0.2, -0.15) is 0 Å². The Bertz CT molecular complexity index is 535. The van der Waals surface area contributed by atoms with Gasteiger partial charge in [0.25, 0.3) is 0 Å². The van der Waals surface area contributed by atoms with Crippen LogP contribution in [0.3, 0.4) is 0 Å². The van der Waals surface area contributed by atoms with Gasteiger partial charge in [-0.25, -0.2) is 8.78 Å². The standard InChI is InChI=1S/C13H11F2N/c1-8-10(3-2-4-13(8)16)9-5-6-11(14)12(15)7-9/h2-7H,16H2,1H3. The second kappa shape index (κ2) is 3.93. The highest BCUT2D eigenvalue weighted by Crippen LogP contribution is 2.27. The Kier molecular flexibility index (Phi) is 2.60. The molecule has 0 heterocycles. The van der Waals surface area contributed by atoms with Crippen LogP contribution in [0.2, 0.25) is 0 Å². The van der Waals surface area contributed by atoms with Crippen molar-refractivity contribution in [3.05, 3.63) is 53.6 Å². The molecule has 0 aliphatic carbocycles. The molecule has 0 saturated carbocycles. The molecule has 0 spiro atoms. The van der Waals surface area contributed by atoms with Gasteiger partial charge >= 0.3 is 0 Å². The van der Waals surface area contributed by atoms with Crippen molar-refractivity contribution in [3.63, 3.8) is 0 Å². The van der Waals surface area contributed by atoms with Crippen LogP contribution in [0, 0.1) is 18.6 Å². The number of hydrogen-bond acceptors (Lipinski definition) is 1. The Hall–Kier alpha value is -1.90. The van der Waals surface area contributed by atoms with Gasteiger partial charge in [0, 0.05) is 5.69 Å². The van der Waals surface area contributed by atoms with E-state index in [2.05, 4.69) is 0 Å². The summed E-state index contributed by atoms with van der Waals surface area (Å²) in [6, 6.07) is 9.24. The third kappa shape index (κ3) is 1.76. The van der Waals surface area contributed by atoms with Crippen LogP contribution in [0.15, 0.2) is 36.4 Å². The molecule has 0 aromatic heterocycles. The summed E-state index contributed by atoms with van der Waals surface area (Å²) in [7, 11) is 0. The molecule has 2 aromatic rings. The quantitative estimate of drug-likeness (QED) is 0.729. The van der Waals surface area contributed by atoms with Crippen LogP contribution in [-0.4, -0.2) is 0 Å². The van der Waals surface area contributed by atoms with E-state index in [9.17, 15) is 8.78 Å². The minimum absolute atomic E-state index is 0.628. The van der Waals surface area contributed by atoms with Crippen LogP contribution in [0.5, 0.6) is 0 Å². The molecule has 0 saturated heterocycles. The summed E-state index contributed by atoms with van der Waals surface area (Å²) in [4.78, 5) is 0. The average molecular weight is 219 g/mol. The summed E-state index contributed by atoms with van der Waals surface area (Å²) >= 11 is 0. The Morgan fingerprint density at radius 3 is 2.44 bits per heavy atom. The zero-order chi connectivity index (χ0) is 11.7. The Morgan fingerprint density at radius 1 is 1.00 bits per heavy atom. The molecule has 3 heteroatoms. The first-order chi connectivity index (χ1) is 7.59. The maximum absolute atomic E-state index is 13.1. The van der Waals surface area contributed by atoms with Crippen molar-refractivity contribution >= 4 is 5.69 Å². The van der Waals surface area contributed by atoms with E-state index in [4.69, 9.17) is 5.73 Å². The van der Waals surface area contributed by atoms with E-state index >= 15 is 0 Å². The van der Waals surface area contributed by atoms with Gasteiger partial charge in [-0.15, -0.1) is 0 Å². The highest BCUT2D eigenvalue weighted by molar-refractivity contribution is 5.72. The van der Waals surface area contributed by atoms with E-state index in [0.717, 1.165) is 17.2 Å². The highest BCUT2D eigenvalue weighted by Gasteiger charge is 2.07. The normalized spacial score (nSPS) is 10.4. The molecule has 0 fully saturated rings. The number of anilines is 1. The van der Waals surface area contributed by atoms with E-state index in [-0.39, 0.29) is 0 Å². The molecule has 0 amide bonds. The number of benzene rings is 2. The van der Waals surface area contributed by atoms with Gasteiger partial charge in [-0.3, -0.25) is 0 Å². The van der Waals surface area contributed by atoms with Crippen LogP contribution in [0.1, 0.15) is 5.56 Å².